The lowest BCUT2D eigenvalue weighted by Gasteiger charge is -2.21. The minimum Gasteiger partial charge on any atom is -0.484 e. The summed E-state index contributed by atoms with van der Waals surface area (Å²) in [5.74, 6) is 0.280. The van der Waals surface area contributed by atoms with E-state index in [1.807, 2.05) is 6.07 Å². The van der Waals surface area contributed by atoms with E-state index in [0.29, 0.717) is 28.9 Å². The molecule has 0 aliphatic heterocycles. The van der Waals surface area contributed by atoms with E-state index < -0.39 is 10.0 Å². The molecule has 2 aromatic heterocycles. The van der Waals surface area contributed by atoms with Gasteiger partial charge < -0.3 is 9.64 Å². The average molecular weight is 497 g/mol. The molecule has 0 radical (unpaired) electrons. The normalized spacial score (nSPS) is 11.2. The Bertz CT molecular complexity index is 1130. The molecule has 0 N–H and O–H groups in total. The Morgan fingerprint density at radius 1 is 1.19 bits per heavy atom. The zero-order valence-corrected chi connectivity index (χ0v) is 19.9. The molecule has 1 aromatic carbocycles. The lowest BCUT2D eigenvalue weighted by atomic mass is 10.3. The third kappa shape index (κ3) is 5.88. The van der Waals surface area contributed by atoms with E-state index in [2.05, 4.69) is 6.58 Å². The van der Waals surface area contributed by atoms with E-state index in [9.17, 15) is 13.2 Å². The number of benzene rings is 1. The van der Waals surface area contributed by atoms with E-state index in [1.54, 1.807) is 58.8 Å². The minimum atomic E-state index is -3.60. The summed E-state index contributed by atoms with van der Waals surface area (Å²) >= 11 is 8.55. The number of carbonyl (C=O) groups is 1. The Morgan fingerprint density at radius 2 is 1.94 bits per heavy atom. The Balaban J connectivity index is 1.61. The van der Waals surface area contributed by atoms with Crippen molar-refractivity contribution in [1.82, 2.24) is 4.90 Å². The van der Waals surface area contributed by atoms with Crippen LogP contribution in [0, 0.1) is 0 Å². The molecule has 31 heavy (non-hydrogen) atoms. The molecule has 6 nitrogen and oxygen atoms in total. The Labute approximate surface area is 195 Å². The quantitative estimate of drug-likeness (QED) is 0.375. The number of hydrogen-bond acceptors (Lipinski definition) is 6. The highest BCUT2D eigenvalue weighted by Gasteiger charge is 2.22. The fourth-order valence-electron chi connectivity index (χ4n) is 2.71. The molecule has 0 unspecified atom stereocenters. The van der Waals surface area contributed by atoms with Crippen LogP contribution in [0.15, 0.2) is 70.8 Å². The summed E-state index contributed by atoms with van der Waals surface area (Å²) in [7, 11) is -2.10. The summed E-state index contributed by atoms with van der Waals surface area (Å²) in [6.45, 7) is 4.38. The molecule has 0 fully saturated rings. The highest BCUT2D eigenvalue weighted by molar-refractivity contribution is 7.94. The van der Waals surface area contributed by atoms with Crippen molar-refractivity contribution in [3.05, 3.63) is 75.8 Å². The van der Waals surface area contributed by atoms with Crippen molar-refractivity contribution in [2.24, 2.45) is 0 Å². The average Bonchev–Trinajstić information content (AvgIpc) is 3.44. The van der Waals surface area contributed by atoms with E-state index in [4.69, 9.17) is 16.3 Å². The second-order valence-electron chi connectivity index (χ2n) is 6.46. The first-order valence-electron chi connectivity index (χ1n) is 9.19. The second kappa shape index (κ2) is 10.3. The Morgan fingerprint density at radius 3 is 2.52 bits per heavy atom. The van der Waals surface area contributed by atoms with Crippen molar-refractivity contribution in [1.29, 1.82) is 0 Å². The van der Waals surface area contributed by atoms with E-state index >= 15 is 0 Å². The number of nitrogens with zero attached hydrogens (tertiary/aromatic N) is 2. The van der Waals surface area contributed by atoms with Gasteiger partial charge in [0.05, 0.1) is 16.6 Å². The van der Waals surface area contributed by atoms with Crippen LogP contribution in [-0.2, 0) is 21.4 Å². The number of anilines is 1. The van der Waals surface area contributed by atoms with Crippen molar-refractivity contribution in [3.63, 3.8) is 0 Å². The molecule has 0 aliphatic carbocycles. The predicted octanol–water partition coefficient (Wildman–Crippen LogP) is 4.88. The van der Waals surface area contributed by atoms with E-state index in [-0.39, 0.29) is 16.7 Å². The fraction of sp³-hybridized carbons (Fsp3) is 0.190. The highest BCUT2D eigenvalue weighted by Crippen LogP contribution is 2.27. The number of rotatable bonds is 10. The molecule has 3 aromatic rings. The number of carbonyl (C=O) groups excluding carboxylic acids is 1. The fourth-order valence-corrected chi connectivity index (χ4v) is 6.17. The van der Waals surface area contributed by atoms with Crippen molar-refractivity contribution >= 4 is 55.9 Å². The van der Waals surface area contributed by atoms with Gasteiger partial charge in [0.25, 0.3) is 15.9 Å². The molecule has 10 heteroatoms. The number of ether oxygens (including phenoxy) is 1. The number of hydrogen-bond donors (Lipinski definition) is 0. The molecular formula is C21H21ClN2O4S3. The van der Waals surface area contributed by atoms with Crippen LogP contribution in [0.1, 0.15) is 4.88 Å². The summed E-state index contributed by atoms with van der Waals surface area (Å²) in [4.78, 5) is 15.2. The molecule has 0 aliphatic rings. The maximum atomic E-state index is 12.6. The molecule has 2 heterocycles. The van der Waals surface area contributed by atoms with Gasteiger partial charge in [0.1, 0.15) is 9.96 Å². The van der Waals surface area contributed by atoms with Crippen LogP contribution in [0.2, 0.25) is 4.34 Å². The lowest BCUT2D eigenvalue weighted by Crippen LogP contribution is -2.34. The topological polar surface area (TPSA) is 66.9 Å². The summed E-state index contributed by atoms with van der Waals surface area (Å²) in [6.07, 6.45) is 1.66. The maximum Gasteiger partial charge on any atom is 0.273 e. The van der Waals surface area contributed by atoms with Gasteiger partial charge in [-0.2, -0.15) is 0 Å². The van der Waals surface area contributed by atoms with Crippen LogP contribution in [0.3, 0.4) is 0 Å². The maximum absolute atomic E-state index is 12.6. The van der Waals surface area contributed by atoms with Crippen molar-refractivity contribution in [2.45, 2.75) is 10.8 Å². The number of thiophene rings is 2. The van der Waals surface area contributed by atoms with Crippen LogP contribution in [0.5, 0.6) is 5.75 Å². The highest BCUT2D eigenvalue weighted by atomic mass is 35.5. The minimum absolute atomic E-state index is 0.143. The van der Waals surface area contributed by atoms with Gasteiger partial charge in [-0.25, -0.2) is 8.42 Å². The number of amides is 1. The number of halogens is 1. The third-order valence-corrected chi connectivity index (χ3v) is 8.72. The largest absolute Gasteiger partial charge is 0.484 e. The van der Waals surface area contributed by atoms with Crippen molar-refractivity contribution in [3.8, 4) is 5.75 Å². The first-order chi connectivity index (χ1) is 14.8. The van der Waals surface area contributed by atoms with Gasteiger partial charge in [0, 0.05) is 18.5 Å². The Kier molecular flexibility index (Phi) is 7.77. The third-order valence-electron chi connectivity index (χ3n) is 4.35. The summed E-state index contributed by atoms with van der Waals surface area (Å²) < 4.78 is 33.0. The molecular weight excluding hydrogens is 476 g/mol. The van der Waals surface area contributed by atoms with Gasteiger partial charge >= 0.3 is 0 Å². The van der Waals surface area contributed by atoms with Crippen molar-refractivity contribution < 1.29 is 17.9 Å². The summed E-state index contributed by atoms with van der Waals surface area (Å²) in [5, 5.41) is 1.72. The van der Waals surface area contributed by atoms with E-state index in [0.717, 1.165) is 4.88 Å². The smallest absolute Gasteiger partial charge is 0.273 e. The predicted molar refractivity (Wildman–Crippen MR) is 127 cm³/mol. The van der Waals surface area contributed by atoms with Crippen LogP contribution < -0.4 is 9.04 Å². The molecule has 0 spiro atoms. The number of sulfonamides is 1. The molecule has 0 atom stereocenters. The van der Waals surface area contributed by atoms with Crippen LogP contribution >= 0.6 is 34.3 Å². The van der Waals surface area contributed by atoms with Gasteiger partial charge in [0.15, 0.2) is 6.61 Å². The standard InChI is InChI=1S/C21H21ClN2O4S3/c1-3-12-24(14-18-10-11-19(22)30-18)20(25)15-28-17-8-6-16(7-9-17)23(2)31(26,27)21-5-4-13-29-21/h3-11,13H,1,12,14-15H2,2H3. The van der Waals surface area contributed by atoms with Gasteiger partial charge in [0.2, 0.25) is 0 Å². The monoisotopic (exact) mass is 496 g/mol. The molecule has 1 amide bonds. The zero-order valence-electron chi connectivity index (χ0n) is 16.7. The molecule has 3 rings (SSSR count). The van der Waals surface area contributed by atoms with Gasteiger partial charge in [-0.05, 0) is 47.8 Å². The van der Waals surface area contributed by atoms with Crippen molar-refractivity contribution in [2.75, 3.05) is 24.5 Å². The first kappa shape index (κ1) is 23.3. The lowest BCUT2D eigenvalue weighted by molar-refractivity contribution is -0.133. The summed E-state index contributed by atoms with van der Waals surface area (Å²) in [6, 6.07) is 13.5. The first-order valence-corrected chi connectivity index (χ1v) is 12.7. The molecule has 0 bridgehead atoms. The zero-order chi connectivity index (χ0) is 22.4. The molecule has 0 saturated heterocycles. The van der Waals surface area contributed by atoms with E-state index in [1.165, 1.54) is 34.0 Å². The summed E-state index contributed by atoms with van der Waals surface area (Å²) in [5.41, 5.74) is 0.495. The SMILES string of the molecule is C=CCN(Cc1ccc(Cl)s1)C(=O)COc1ccc(N(C)S(=O)(=O)c2cccs2)cc1. The Hall–Kier alpha value is -2.33. The van der Waals surface area contributed by atoms with Gasteiger partial charge in [-0.1, -0.05) is 23.7 Å². The van der Waals surface area contributed by atoms with Crippen LogP contribution in [0.4, 0.5) is 5.69 Å². The molecule has 0 saturated carbocycles. The van der Waals surface area contributed by atoms with Gasteiger partial charge in [-0.3, -0.25) is 9.10 Å². The van der Waals surface area contributed by atoms with Crippen LogP contribution in [-0.4, -0.2) is 39.4 Å². The van der Waals surface area contributed by atoms with Gasteiger partial charge in [-0.15, -0.1) is 29.3 Å². The van der Waals surface area contributed by atoms with Crippen LogP contribution in [0.25, 0.3) is 0 Å². The molecule has 164 valence electrons. The second-order valence-corrected chi connectivity index (χ2v) is 11.4.